The second kappa shape index (κ2) is 7.92. The van der Waals surface area contributed by atoms with Crippen molar-refractivity contribution >= 4 is 15.7 Å². The Morgan fingerprint density at radius 2 is 1.71 bits per heavy atom. The highest BCUT2D eigenvalue weighted by atomic mass is 32.2. The Bertz CT molecular complexity index is 786. The average Bonchev–Trinajstić information content (AvgIpc) is 2.56. The summed E-state index contributed by atoms with van der Waals surface area (Å²) in [5.41, 5.74) is 0.414. The lowest BCUT2D eigenvalue weighted by molar-refractivity contribution is 0.0956. The van der Waals surface area contributed by atoms with Gasteiger partial charge >= 0.3 is 0 Å². The minimum absolute atomic E-state index is 0.0271. The second-order valence-electron chi connectivity index (χ2n) is 4.99. The van der Waals surface area contributed by atoms with Gasteiger partial charge in [0.1, 0.15) is 11.6 Å². The second-order valence-corrected chi connectivity index (χ2v) is 7.10. The first-order chi connectivity index (χ1) is 11.4. The number of benzene rings is 2. The van der Waals surface area contributed by atoms with Gasteiger partial charge in [-0.15, -0.1) is 0 Å². The van der Waals surface area contributed by atoms with Gasteiger partial charge in [-0.3, -0.25) is 4.79 Å². The van der Waals surface area contributed by atoms with Crippen LogP contribution in [0.2, 0.25) is 0 Å². The van der Waals surface area contributed by atoms with Crippen molar-refractivity contribution in [3.8, 4) is 5.75 Å². The molecule has 0 bridgehead atoms. The summed E-state index contributed by atoms with van der Waals surface area (Å²) in [5, 5.41) is 2.55. The number of hydrogen-bond acceptors (Lipinski definition) is 4. The molecule has 0 aliphatic heterocycles. The van der Waals surface area contributed by atoms with Crippen LogP contribution in [0.1, 0.15) is 17.3 Å². The number of carbonyl (C=O) groups excluding carboxylic acids is 1. The van der Waals surface area contributed by atoms with Crippen LogP contribution >= 0.6 is 0 Å². The number of ether oxygens (including phenoxy) is 1. The third-order valence-electron chi connectivity index (χ3n) is 3.26. The molecule has 128 valence electrons. The zero-order valence-corrected chi connectivity index (χ0v) is 14.0. The minimum atomic E-state index is -3.57. The van der Waals surface area contributed by atoms with Crippen LogP contribution in [0.3, 0.4) is 0 Å². The predicted octanol–water partition coefficient (Wildman–Crippen LogP) is 2.43. The summed E-state index contributed by atoms with van der Waals surface area (Å²) >= 11 is 0. The standard InChI is InChI=1S/C17H18FNO4S/c1-2-23-15-7-3-13(4-8-15)17(20)19-11-12-24(21,22)16-9-5-14(18)6-10-16/h3-10H,2,11-12H2,1H3,(H,19,20). The van der Waals surface area contributed by atoms with Gasteiger partial charge in [0.2, 0.25) is 0 Å². The maximum Gasteiger partial charge on any atom is 0.251 e. The van der Waals surface area contributed by atoms with Crippen molar-refractivity contribution in [3.63, 3.8) is 0 Å². The van der Waals surface area contributed by atoms with Crippen LogP contribution < -0.4 is 10.1 Å². The first kappa shape index (κ1) is 17.9. The van der Waals surface area contributed by atoms with Crippen molar-refractivity contribution in [1.82, 2.24) is 5.32 Å². The van der Waals surface area contributed by atoms with E-state index in [1.807, 2.05) is 6.92 Å². The fraction of sp³-hybridized carbons (Fsp3) is 0.235. The summed E-state index contributed by atoms with van der Waals surface area (Å²) in [6, 6.07) is 11.2. The zero-order chi connectivity index (χ0) is 17.6. The van der Waals surface area contributed by atoms with Gasteiger partial charge in [-0.25, -0.2) is 12.8 Å². The summed E-state index contributed by atoms with van der Waals surface area (Å²) < 4.78 is 42.3. The van der Waals surface area contributed by atoms with Crippen molar-refractivity contribution in [2.45, 2.75) is 11.8 Å². The molecule has 0 fully saturated rings. The van der Waals surface area contributed by atoms with Crippen molar-refractivity contribution in [3.05, 3.63) is 59.9 Å². The van der Waals surface area contributed by atoms with Crippen molar-refractivity contribution < 1.29 is 22.3 Å². The van der Waals surface area contributed by atoms with Gasteiger partial charge in [0.15, 0.2) is 9.84 Å². The normalized spacial score (nSPS) is 11.1. The molecular formula is C17H18FNO4S. The molecular weight excluding hydrogens is 333 g/mol. The third kappa shape index (κ3) is 4.79. The Kier molecular flexibility index (Phi) is 5.92. The molecule has 0 radical (unpaired) electrons. The molecule has 0 atom stereocenters. The predicted molar refractivity (Wildman–Crippen MR) is 88.4 cm³/mol. The molecule has 0 aromatic heterocycles. The first-order valence-electron chi connectivity index (χ1n) is 7.42. The lowest BCUT2D eigenvalue weighted by Gasteiger charge is -2.08. The molecule has 0 saturated heterocycles. The molecule has 0 aliphatic rings. The van der Waals surface area contributed by atoms with Crippen LogP contribution in [0.5, 0.6) is 5.75 Å². The Labute approximate surface area is 140 Å². The van der Waals surface area contributed by atoms with Crippen LogP contribution in [0, 0.1) is 5.82 Å². The largest absolute Gasteiger partial charge is 0.494 e. The Morgan fingerprint density at radius 3 is 2.29 bits per heavy atom. The van der Waals surface area contributed by atoms with Gasteiger partial charge < -0.3 is 10.1 Å². The van der Waals surface area contributed by atoms with E-state index in [9.17, 15) is 17.6 Å². The molecule has 24 heavy (non-hydrogen) atoms. The molecule has 7 heteroatoms. The zero-order valence-electron chi connectivity index (χ0n) is 13.2. The van der Waals surface area contributed by atoms with Crippen molar-refractivity contribution in [2.24, 2.45) is 0 Å². The summed E-state index contributed by atoms with van der Waals surface area (Å²) in [7, 11) is -3.57. The molecule has 5 nitrogen and oxygen atoms in total. The molecule has 1 amide bonds. The number of carbonyl (C=O) groups is 1. The van der Waals surface area contributed by atoms with Gasteiger partial charge in [0.05, 0.1) is 17.3 Å². The lowest BCUT2D eigenvalue weighted by atomic mass is 10.2. The fourth-order valence-electron chi connectivity index (χ4n) is 2.03. The molecule has 0 saturated carbocycles. The topological polar surface area (TPSA) is 72.5 Å². The number of rotatable bonds is 7. The van der Waals surface area contributed by atoms with E-state index < -0.39 is 15.7 Å². The van der Waals surface area contributed by atoms with Crippen LogP contribution in [0.25, 0.3) is 0 Å². The van der Waals surface area contributed by atoms with E-state index in [1.165, 1.54) is 12.1 Å². The summed E-state index contributed by atoms with van der Waals surface area (Å²) in [6.07, 6.45) is 0. The summed E-state index contributed by atoms with van der Waals surface area (Å²) in [6.45, 7) is 2.36. The fourth-order valence-corrected chi connectivity index (χ4v) is 3.19. The Morgan fingerprint density at radius 1 is 1.08 bits per heavy atom. The van der Waals surface area contributed by atoms with Gasteiger partial charge in [-0.05, 0) is 55.5 Å². The third-order valence-corrected chi connectivity index (χ3v) is 4.99. The Hall–Kier alpha value is -2.41. The van der Waals surface area contributed by atoms with Crippen LogP contribution in [-0.4, -0.2) is 33.2 Å². The van der Waals surface area contributed by atoms with Crippen LogP contribution in [-0.2, 0) is 9.84 Å². The van der Waals surface area contributed by atoms with E-state index in [0.717, 1.165) is 12.1 Å². The summed E-state index contributed by atoms with van der Waals surface area (Å²) in [4.78, 5) is 12.0. The molecule has 1 N–H and O–H groups in total. The monoisotopic (exact) mass is 351 g/mol. The van der Waals surface area contributed by atoms with E-state index in [2.05, 4.69) is 5.32 Å². The summed E-state index contributed by atoms with van der Waals surface area (Å²) in [5.74, 6) is -0.473. The number of hydrogen-bond donors (Lipinski definition) is 1. The molecule has 0 heterocycles. The first-order valence-corrected chi connectivity index (χ1v) is 9.07. The van der Waals surface area contributed by atoms with Crippen LogP contribution in [0.4, 0.5) is 4.39 Å². The van der Waals surface area contributed by atoms with Crippen molar-refractivity contribution in [1.29, 1.82) is 0 Å². The van der Waals surface area contributed by atoms with Crippen LogP contribution in [0.15, 0.2) is 53.4 Å². The maximum absolute atomic E-state index is 12.8. The highest BCUT2D eigenvalue weighted by Gasteiger charge is 2.15. The molecule has 2 aromatic rings. The number of amides is 1. The van der Waals surface area contributed by atoms with E-state index in [0.29, 0.717) is 17.9 Å². The van der Waals surface area contributed by atoms with E-state index in [4.69, 9.17) is 4.74 Å². The van der Waals surface area contributed by atoms with Gasteiger partial charge in [-0.1, -0.05) is 0 Å². The van der Waals surface area contributed by atoms with Gasteiger partial charge in [-0.2, -0.15) is 0 Å². The van der Waals surface area contributed by atoms with E-state index in [1.54, 1.807) is 24.3 Å². The number of nitrogens with one attached hydrogen (secondary N) is 1. The SMILES string of the molecule is CCOc1ccc(C(=O)NCCS(=O)(=O)c2ccc(F)cc2)cc1. The lowest BCUT2D eigenvalue weighted by Crippen LogP contribution is -2.29. The molecule has 0 spiro atoms. The van der Waals surface area contributed by atoms with Crippen molar-refractivity contribution in [2.75, 3.05) is 18.9 Å². The Balaban J connectivity index is 1.90. The quantitative estimate of drug-likeness (QED) is 0.778. The number of halogens is 1. The molecule has 2 rings (SSSR count). The smallest absolute Gasteiger partial charge is 0.251 e. The van der Waals surface area contributed by atoms with Gasteiger partial charge in [0.25, 0.3) is 5.91 Å². The minimum Gasteiger partial charge on any atom is -0.494 e. The molecule has 0 aliphatic carbocycles. The average molecular weight is 351 g/mol. The van der Waals surface area contributed by atoms with E-state index >= 15 is 0 Å². The number of sulfone groups is 1. The van der Waals surface area contributed by atoms with Gasteiger partial charge in [0, 0.05) is 12.1 Å². The highest BCUT2D eigenvalue weighted by Crippen LogP contribution is 2.13. The highest BCUT2D eigenvalue weighted by molar-refractivity contribution is 7.91. The molecule has 0 unspecified atom stereocenters. The molecule has 2 aromatic carbocycles. The van der Waals surface area contributed by atoms with E-state index in [-0.39, 0.29) is 23.1 Å². The maximum atomic E-state index is 12.8.